The van der Waals surface area contributed by atoms with E-state index in [1.54, 1.807) is 34.7 Å². The van der Waals surface area contributed by atoms with E-state index in [0.717, 1.165) is 0 Å². The fraction of sp³-hybridized carbons (Fsp3) is 0.900. The van der Waals surface area contributed by atoms with E-state index in [9.17, 15) is 9.90 Å². The van der Waals surface area contributed by atoms with E-state index in [1.807, 2.05) is 0 Å². The van der Waals surface area contributed by atoms with E-state index < -0.39 is 11.0 Å². The Bertz CT molecular complexity index is 209. The molecule has 0 unspecified atom stereocenters. The van der Waals surface area contributed by atoms with E-state index in [-0.39, 0.29) is 11.8 Å². The van der Waals surface area contributed by atoms with E-state index in [2.05, 4.69) is 0 Å². The average Bonchev–Trinajstić information content (AvgIpc) is 2.00. The number of amides is 1. The minimum atomic E-state index is -0.868. The largest absolute Gasteiger partial charge is 0.389 e. The topological polar surface area (TPSA) is 40.5 Å². The number of hydrogen-bond donors (Lipinski definition) is 1. The summed E-state index contributed by atoms with van der Waals surface area (Å²) < 4.78 is 0. The molecule has 0 bridgehead atoms. The summed E-state index contributed by atoms with van der Waals surface area (Å²) in [5.74, 6) is 0.233. The molecule has 0 aromatic rings. The highest BCUT2D eigenvalue weighted by molar-refractivity contribution is 6.19. The maximum atomic E-state index is 11.8. The van der Waals surface area contributed by atoms with Crippen molar-refractivity contribution in [1.29, 1.82) is 0 Å². The number of nitrogens with zero attached hydrogens (tertiary/aromatic N) is 1. The Morgan fingerprint density at radius 1 is 1.36 bits per heavy atom. The number of halogens is 1. The second kappa shape index (κ2) is 4.49. The zero-order valence-electron chi connectivity index (χ0n) is 9.59. The third-order valence-corrected chi connectivity index (χ3v) is 2.55. The van der Waals surface area contributed by atoms with Gasteiger partial charge < -0.3 is 10.0 Å². The normalized spacial score (nSPS) is 12.8. The molecular weight excluding hydrogens is 202 g/mol. The Labute approximate surface area is 91.0 Å². The summed E-state index contributed by atoms with van der Waals surface area (Å²) in [5, 5.41) is 9.55. The first kappa shape index (κ1) is 13.7. The number of aliphatic hydroxyl groups is 1. The van der Waals surface area contributed by atoms with E-state index in [1.165, 1.54) is 4.90 Å². The van der Waals surface area contributed by atoms with Gasteiger partial charge in [0, 0.05) is 19.5 Å². The number of likely N-dealkylation sites (N-methyl/N-ethyl adjacent to an activating group) is 1. The molecule has 0 saturated carbocycles. The lowest BCUT2D eigenvalue weighted by Crippen LogP contribution is -2.45. The van der Waals surface area contributed by atoms with Gasteiger partial charge in [-0.15, -0.1) is 11.6 Å². The van der Waals surface area contributed by atoms with Gasteiger partial charge in [-0.3, -0.25) is 4.79 Å². The molecule has 14 heavy (non-hydrogen) atoms. The Balaban J connectivity index is 4.41. The SMILES string of the molecule is CN(CC(C)(C)O)C(=O)C(C)(C)CCl. The van der Waals surface area contributed by atoms with Gasteiger partial charge in [-0.2, -0.15) is 0 Å². The third kappa shape index (κ3) is 4.29. The predicted octanol–water partition coefficient (Wildman–Crippen LogP) is 1.48. The fourth-order valence-electron chi connectivity index (χ4n) is 1.23. The van der Waals surface area contributed by atoms with E-state index in [4.69, 9.17) is 11.6 Å². The Morgan fingerprint density at radius 3 is 2.07 bits per heavy atom. The maximum Gasteiger partial charge on any atom is 0.229 e. The number of rotatable bonds is 4. The molecule has 1 N–H and O–H groups in total. The average molecular weight is 222 g/mol. The Hall–Kier alpha value is -0.280. The lowest BCUT2D eigenvalue weighted by Gasteiger charge is -2.31. The zero-order chi connectivity index (χ0) is 11.6. The first-order chi connectivity index (χ1) is 6.10. The monoisotopic (exact) mass is 221 g/mol. The van der Waals surface area contributed by atoms with Crippen molar-refractivity contribution in [2.75, 3.05) is 19.5 Å². The van der Waals surface area contributed by atoms with Crippen LogP contribution in [0.5, 0.6) is 0 Å². The van der Waals surface area contributed by atoms with Crippen molar-refractivity contribution in [2.24, 2.45) is 5.41 Å². The van der Waals surface area contributed by atoms with Crippen LogP contribution in [-0.2, 0) is 4.79 Å². The van der Waals surface area contributed by atoms with Crippen molar-refractivity contribution in [3.63, 3.8) is 0 Å². The standard InChI is InChI=1S/C10H20ClNO2/c1-9(2,6-11)8(13)12(5)7-10(3,4)14/h14H,6-7H2,1-5H3. The summed E-state index contributed by atoms with van der Waals surface area (Å²) in [4.78, 5) is 13.3. The summed E-state index contributed by atoms with van der Waals surface area (Å²) in [6, 6.07) is 0. The molecule has 0 atom stereocenters. The summed E-state index contributed by atoms with van der Waals surface area (Å²) >= 11 is 5.69. The lowest BCUT2D eigenvalue weighted by atomic mass is 9.94. The molecular formula is C10H20ClNO2. The third-order valence-electron chi connectivity index (χ3n) is 1.88. The van der Waals surface area contributed by atoms with Crippen molar-refractivity contribution >= 4 is 17.5 Å². The first-order valence-electron chi connectivity index (χ1n) is 4.64. The summed E-state index contributed by atoms with van der Waals surface area (Å²) in [7, 11) is 1.68. The van der Waals surface area contributed by atoms with Gasteiger partial charge >= 0.3 is 0 Å². The van der Waals surface area contributed by atoms with Crippen LogP contribution in [0.15, 0.2) is 0 Å². The van der Waals surface area contributed by atoms with Crippen LogP contribution in [0.3, 0.4) is 0 Å². The van der Waals surface area contributed by atoms with Gasteiger partial charge in [-0.25, -0.2) is 0 Å². The minimum Gasteiger partial charge on any atom is -0.389 e. The number of hydrogen-bond acceptors (Lipinski definition) is 2. The Kier molecular flexibility index (Phi) is 4.40. The van der Waals surface area contributed by atoms with Crippen LogP contribution >= 0.6 is 11.6 Å². The molecule has 0 radical (unpaired) electrons. The van der Waals surface area contributed by atoms with Crippen molar-refractivity contribution in [1.82, 2.24) is 4.90 Å². The molecule has 0 aromatic heterocycles. The summed E-state index contributed by atoms with van der Waals surface area (Å²) in [5.41, 5.74) is -1.44. The van der Waals surface area contributed by atoms with Crippen LogP contribution in [-0.4, -0.2) is 41.0 Å². The van der Waals surface area contributed by atoms with Crippen LogP contribution in [0.25, 0.3) is 0 Å². The molecule has 0 aliphatic carbocycles. The van der Waals surface area contributed by atoms with Crippen molar-refractivity contribution in [3.05, 3.63) is 0 Å². The van der Waals surface area contributed by atoms with Gasteiger partial charge in [0.2, 0.25) is 5.91 Å². The molecule has 0 saturated heterocycles. The highest BCUT2D eigenvalue weighted by atomic mass is 35.5. The number of carbonyl (C=O) groups excluding carboxylic acids is 1. The van der Waals surface area contributed by atoms with Crippen molar-refractivity contribution in [2.45, 2.75) is 33.3 Å². The van der Waals surface area contributed by atoms with Gasteiger partial charge in [0.25, 0.3) is 0 Å². The lowest BCUT2D eigenvalue weighted by molar-refractivity contribution is -0.140. The van der Waals surface area contributed by atoms with Crippen molar-refractivity contribution in [3.8, 4) is 0 Å². The predicted molar refractivity (Wildman–Crippen MR) is 58.4 cm³/mol. The number of alkyl halides is 1. The highest BCUT2D eigenvalue weighted by Crippen LogP contribution is 2.20. The second-order valence-corrected chi connectivity index (χ2v) is 5.26. The highest BCUT2D eigenvalue weighted by Gasteiger charge is 2.31. The quantitative estimate of drug-likeness (QED) is 0.731. The fourth-order valence-corrected chi connectivity index (χ4v) is 1.34. The zero-order valence-corrected chi connectivity index (χ0v) is 10.4. The van der Waals surface area contributed by atoms with Gasteiger partial charge in [0.1, 0.15) is 0 Å². The van der Waals surface area contributed by atoms with Crippen LogP contribution in [0.4, 0.5) is 0 Å². The molecule has 4 heteroatoms. The van der Waals surface area contributed by atoms with Gasteiger partial charge in [-0.05, 0) is 27.7 Å². The van der Waals surface area contributed by atoms with Crippen LogP contribution in [0, 0.1) is 5.41 Å². The molecule has 1 amide bonds. The second-order valence-electron chi connectivity index (χ2n) is 4.99. The molecule has 84 valence electrons. The first-order valence-corrected chi connectivity index (χ1v) is 5.17. The molecule has 0 spiro atoms. The smallest absolute Gasteiger partial charge is 0.229 e. The van der Waals surface area contributed by atoms with Gasteiger partial charge in [-0.1, -0.05) is 0 Å². The Morgan fingerprint density at radius 2 is 1.79 bits per heavy atom. The molecule has 0 fully saturated rings. The van der Waals surface area contributed by atoms with Gasteiger partial charge in [0.05, 0.1) is 11.0 Å². The maximum absolute atomic E-state index is 11.8. The summed E-state index contributed by atoms with van der Waals surface area (Å²) in [6.45, 7) is 7.24. The van der Waals surface area contributed by atoms with Gasteiger partial charge in [0.15, 0.2) is 0 Å². The minimum absolute atomic E-state index is 0.0466. The molecule has 0 rings (SSSR count). The molecule has 3 nitrogen and oxygen atoms in total. The number of carbonyl (C=O) groups is 1. The molecule has 0 aliphatic heterocycles. The van der Waals surface area contributed by atoms with Crippen molar-refractivity contribution < 1.29 is 9.90 Å². The molecule has 0 heterocycles. The van der Waals surface area contributed by atoms with E-state index in [0.29, 0.717) is 6.54 Å². The molecule has 0 aliphatic rings. The van der Waals surface area contributed by atoms with E-state index >= 15 is 0 Å². The van der Waals surface area contributed by atoms with Crippen LogP contribution in [0.2, 0.25) is 0 Å². The molecule has 0 aromatic carbocycles. The van der Waals surface area contributed by atoms with Crippen LogP contribution in [0.1, 0.15) is 27.7 Å². The van der Waals surface area contributed by atoms with Crippen LogP contribution < -0.4 is 0 Å². The summed E-state index contributed by atoms with van der Waals surface area (Å²) in [6.07, 6.45) is 0.